The molecule has 0 atom stereocenters. The van der Waals surface area contributed by atoms with E-state index in [9.17, 15) is 4.79 Å². The van der Waals surface area contributed by atoms with Crippen LogP contribution in [0.1, 0.15) is 37.0 Å². The lowest BCUT2D eigenvalue weighted by molar-refractivity contribution is 0.0954. The molecule has 0 radical (unpaired) electrons. The molecule has 1 N–H and O–H groups in total. The van der Waals surface area contributed by atoms with Crippen LogP contribution in [0.15, 0.2) is 29.6 Å². The van der Waals surface area contributed by atoms with Crippen LogP contribution >= 0.6 is 0 Å². The van der Waals surface area contributed by atoms with Crippen LogP contribution < -0.4 is 5.43 Å². The summed E-state index contributed by atoms with van der Waals surface area (Å²) in [6.45, 7) is 4.03. The number of pyridine rings is 1. The van der Waals surface area contributed by atoms with Gasteiger partial charge in [-0.15, -0.1) is 0 Å². The van der Waals surface area contributed by atoms with E-state index in [0.717, 1.165) is 18.6 Å². The maximum Gasteiger partial charge on any atom is 0.271 e. The molecule has 0 aliphatic rings. The molecule has 1 rings (SSSR count). The van der Waals surface area contributed by atoms with E-state index >= 15 is 0 Å². The first-order chi connectivity index (χ1) is 7.27. The second-order valence-corrected chi connectivity index (χ2v) is 3.06. The van der Waals surface area contributed by atoms with Crippen LogP contribution in [0, 0.1) is 0 Å². The Balaban J connectivity index is 2.61. The van der Waals surface area contributed by atoms with Gasteiger partial charge in [0, 0.05) is 23.7 Å². The molecule has 15 heavy (non-hydrogen) atoms. The standard InChI is InChI=1S/C11H15N3O/c1-3-10(4-2)13-14-11(15)9-5-7-12-8-6-9/h5-8H,3-4H2,1-2H3,(H,14,15). The third-order valence-corrected chi connectivity index (χ3v) is 2.07. The largest absolute Gasteiger partial charge is 0.271 e. The first-order valence-electron chi connectivity index (χ1n) is 5.03. The molecule has 0 unspecified atom stereocenters. The summed E-state index contributed by atoms with van der Waals surface area (Å²) in [6.07, 6.45) is 4.87. The minimum Gasteiger partial charge on any atom is -0.267 e. The number of amides is 1. The summed E-state index contributed by atoms with van der Waals surface area (Å²) < 4.78 is 0. The van der Waals surface area contributed by atoms with Crippen molar-refractivity contribution in [2.45, 2.75) is 26.7 Å². The van der Waals surface area contributed by atoms with Gasteiger partial charge in [0.15, 0.2) is 0 Å². The summed E-state index contributed by atoms with van der Waals surface area (Å²) in [7, 11) is 0. The minimum absolute atomic E-state index is 0.197. The Kier molecular flexibility index (Phi) is 4.47. The topological polar surface area (TPSA) is 54.4 Å². The number of nitrogens with zero attached hydrogens (tertiary/aromatic N) is 2. The summed E-state index contributed by atoms with van der Waals surface area (Å²) in [4.78, 5) is 15.4. The second-order valence-electron chi connectivity index (χ2n) is 3.06. The van der Waals surface area contributed by atoms with E-state index in [1.165, 1.54) is 0 Å². The molecule has 0 spiro atoms. The van der Waals surface area contributed by atoms with Crippen LogP contribution in [0.3, 0.4) is 0 Å². The van der Waals surface area contributed by atoms with Gasteiger partial charge in [-0.3, -0.25) is 9.78 Å². The molecule has 1 heterocycles. The molecule has 1 aromatic rings. The fourth-order valence-corrected chi connectivity index (χ4v) is 1.11. The maximum absolute atomic E-state index is 11.5. The SMILES string of the molecule is CCC(CC)=NNC(=O)c1ccncc1. The number of carbonyl (C=O) groups excluding carboxylic acids is 1. The molecule has 80 valence electrons. The molecule has 0 saturated carbocycles. The van der Waals surface area contributed by atoms with Crippen molar-refractivity contribution in [1.82, 2.24) is 10.4 Å². The maximum atomic E-state index is 11.5. The molecular weight excluding hydrogens is 190 g/mol. The Hall–Kier alpha value is -1.71. The molecule has 4 nitrogen and oxygen atoms in total. The van der Waals surface area contributed by atoms with Gasteiger partial charge in [-0.05, 0) is 25.0 Å². The molecule has 1 aromatic heterocycles. The summed E-state index contributed by atoms with van der Waals surface area (Å²) in [5.74, 6) is -0.197. The normalized spacial score (nSPS) is 9.47. The van der Waals surface area contributed by atoms with E-state index in [0.29, 0.717) is 5.56 Å². The summed E-state index contributed by atoms with van der Waals surface area (Å²) >= 11 is 0. The number of carbonyl (C=O) groups is 1. The smallest absolute Gasteiger partial charge is 0.267 e. The van der Waals surface area contributed by atoms with E-state index in [1.807, 2.05) is 13.8 Å². The molecule has 1 amide bonds. The summed E-state index contributed by atoms with van der Waals surface area (Å²) in [5.41, 5.74) is 4.08. The van der Waals surface area contributed by atoms with Gasteiger partial charge < -0.3 is 0 Å². The molecule has 0 aromatic carbocycles. The third kappa shape index (κ3) is 3.50. The number of hydrogen-bond donors (Lipinski definition) is 1. The van der Waals surface area contributed by atoms with Gasteiger partial charge in [-0.1, -0.05) is 13.8 Å². The molecule has 0 aliphatic carbocycles. The average molecular weight is 205 g/mol. The lowest BCUT2D eigenvalue weighted by Gasteiger charge is -2.01. The van der Waals surface area contributed by atoms with Crippen molar-refractivity contribution in [1.29, 1.82) is 0 Å². The number of hydrazone groups is 1. The predicted molar refractivity (Wildman–Crippen MR) is 59.7 cm³/mol. The Morgan fingerprint density at radius 2 is 1.93 bits per heavy atom. The van der Waals surface area contributed by atoms with E-state index in [-0.39, 0.29) is 5.91 Å². The van der Waals surface area contributed by atoms with E-state index in [4.69, 9.17) is 0 Å². The highest BCUT2D eigenvalue weighted by atomic mass is 16.2. The van der Waals surface area contributed by atoms with Gasteiger partial charge in [-0.25, -0.2) is 5.43 Å². The van der Waals surface area contributed by atoms with Crippen LogP contribution in [0.25, 0.3) is 0 Å². The van der Waals surface area contributed by atoms with E-state index in [2.05, 4.69) is 15.5 Å². The zero-order valence-electron chi connectivity index (χ0n) is 9.03. The summed E-state index contributed by atoms with van der Waals surface area (Å²) in [5, 5.41) is 4.03. The molecule has 0 bridgehead atoms. The summed E-state index contributed by atoms with van der Waals surface area (Å²) in [6, 6.07) is 3.31. The van der Waals surface area contributed by atoms with Crippen molar-refractivity contribution < 1.29 is 4.79 Å². The van der Waals surface area contributed by atoms with Crippen LogP contribution in [-0.2, 0) is 0 Å². The van der Waals surface area contributed by atoms with Crippen LogP contribution in [0.2, 0.25) is 0 Å². The second kappa shape index (κ2) is 5.90. The van der Waals surface area contributed by atoms with Crippen LogP contribution in [0.5, 0.6) is 0 Å². The molecule has 4 heteroatoms. The lowest BCUT2D eigenvalue weighted by atomic mass is 10.2. The molecule has 0 saturated heterocycles. The van der Waals surface area contributed by atoms with Gasteiger partial charge >= 0.3 is 0 Å². The average Bonchev–Trinajstić information content (AvgIpc) is 2.31. The molecular formula is C11H15N3O. The Morgan fingerprint density at radius 1 is 1.33 bits per heavy atom. The predicted octanol–water partition coefficient (Wildman–Crippen LogP) is 1.99. The van der Waals surface area contributed by atoms with Crippen molar-refractivity contribution in [3.63, 3.8) is 0 Å². The fourth-order valence-electron chi connectivity index (χ4n) is 1.11. The quantitative estimate of drug-likeness (QED) is 0.603. The van der Waals surface area contributed by atoms with Crippen LogP contribution in [0.4, 0.5) is 0 Å². The van der Waals surface area contributed by atoms with Gasteiger partial charge in [0.2, 0.25) is 0 Å². The zero-order chi connectivity index (χ0) is 11.1. The highest BCUT2D eigenvalue weighted by Crippen LogP contribution is 1.96. The van der Waals surface area contributed by atoms with E-state index < -0.39 is 0 Å². The fraction of sp³-hybridized carbons (Fsp3) is 0.364. The van der Waals surface area contributed by atoms with Crippen LogP contribution in [-0.4, -0.2) is 16.6 Å². The van der Waals surface area contributed by atoms with E-state index in [1.54, 1.807) is 24.5 Å². The monoisotopic (exact) mass is 205 g/mol. The first kappa shape index (κ1) is 11.4. The van der Waals surface area contributed by atoms with Crippen molar-refractivity contribution in [2.24, 2.45) is 5.10 Å². The third-order valence-electron chi connectivity index (χ3n) is 2.07. The number of hydrogen-bond acceptors (Lipinski definition) is 3. The number of aromatic nitrogens is 1. The molecule has 0 aliphatic heterocycles. The number of nitrogens with one attached hydrogen (secondary N) is 1. The number of rotatable bonds is 4. The Bertz CT molecular complexity index is 340. The Labute approximate surface area is 89.4 Å². The van der Waals surface area contributed by atoms with Gasteiger partial charge in [0.25, 0.3) is 5.91 Å². The van der Waals surface area contributed by atoms with Crippen molar-refractivity contribution in [3.8, 4) is 0 Å². The Morgan fingerprint density at radius 3 is 2.47 bits per heavy atom. The highest BCUT2D eigenvalue weighted by Gasteiger charge is 2.02. The minimum atomic E-state index is -0.197. The van der Waals surface area contributed by atoms with Crippen molar-refractivity contribution in [3.05, 3.63) is 30.1 Å². The van der Waals surface area contributed by atoms with Crippen molar-refractivity contribution in [2.75, 3.05) is 0 Å². The highest BCUT2D eigenvalue weighted by molar-refractivity contribution is 5.95. The molecule has 0 fully saturated rings. The zero-order valence-corrected chi connectivity index (χ0v) is 9.03. The van der Waals surface area contributed by atoms with Gasteiger partial charge in [0.1, 0.15) is 0 Å². The lowest BCUT2D eigenvalue weighted by Crippen LogP contribution is -2.19. The van der Waals surface area contributed by atoms with Gasteiger partial charge in [0.05, 0.1) is 0 Å². The van der Waals surface area contributed by atoms with Gasteiger partial charge in [-0.2, -0.15) is 5.10 Å². The first-order valence-corrected chi connectivity index (χ1v) is 5.03. The van der Waals surface area contributed by atoms with Crippen molar-refractivity contribution >= 4 is 11.6 Å².